The van der Waals surface area contributed by atoms with Gasteiger partial charge in [-0.1, -0.05) is 6.58 Å². The Kier molecular flexibility index (Phi) is 5.52. The second-order valence-electron chi connectivity index (χ2n) is 2.73. The molecule has 0 radical (unpaired) electrons. The van der Waals surface area contributed by atoms with Crippen LogP contribution in [0.4, 0.5) is 0 Å². The maximum absolute atomic E-state index is 6.86. The molecule has 0 spiro atoms. The SMILES string of the molecule is C=CC(=NC=N)/C(C)=C/N(C)CC. The highest BCUT2D eigenvalue weighted by atomic mass is 15.1. The fourth-order valence-electron chi connectivity index (χ4n) is 0.873. The Labute approximate surface area is 80.0 Å². The Morgan fingerprint density at radius 3 is 2.62 bits per heavy atom. The zero-order chi connectivity index (χ0) is 10.3. The second kappa shape index (κ2) is 6.17. The zero-order valence-corrected chi connectivity index (χ0v) is 8.54. The van der Waals surface area contributed by atoms with Gasteiger partial charge in [-0.25, -0.2) is 4.99 Å². The molecule has 0 aliphatic carbocycles. The number of allylic oxidation sites excluding steroid dienone is 2. The lowest BCUT2D eigenvalue weighted by atomic mass is 10.2. The molecule has 0 amide bonds. The van der Waals surface area contributed by atoms with Crippen molar-refractivity contribution in [1.29, 1.82) is 5.41 Å². The van der Waals surface area contributed by atoms with E-state index in [0.29, 0.717) is 0 Å². The Hall–Kier alpha value is -1.38. The van der Waals surface area contributed by atoms with Crippen LogP contribution in [-0.4, -0.2) is 30.5 Å². The number of nitrogens with one attached hydrogen (secondary N) is 1. The number of rotatable bonds is 5. The third kappa shape index (κ3) is 4.25. The van der Waals surface area contributed by atoms with Crippen molar-refractivity contribution in [3.05, 3.63) is 24.4 Å². The normalized spacial score (nSPS) is 12.5. The van der Waals surface area contributed by atoms with Crippen LogP contribution in [0.3, 0.4) is 0 Å². The molecule has 0 bridgehead atoms. The first kappa shape index (κ1) is 11.6. The van der Waals surface area contributed by atoms with Gasteiger partial charge >= 0.3 is 0 Å². The molecule has 0 aliphatic heterocycles. The minimum absolute atomic E-state index is 0.746. The van der Waals surface area contributed by atoms with Crippen molar-refractivity contribution in [2.75, 3.05) is 13.6 Å². The molecule has 0 atom stereocenters. The lowest BCUT2D eigenvalue weighted by Crippen LogP contribution is -2.11. The quantitative estimate of drug-likeness (QED) is 0.509. The lowest BCUT2D eigenvalue weighted by Gasteiger charge is -2.11. The van der Waals surface area contributed by atoms with Gasteiger partial charge in [0.05, 0.1) is 5.71 Å². The van der Waals surface area contributed by atoms with E-state index in [1.54, 1.807) is 6.08 Å². The molecular weight excluding hydrogens is 162 g/mol. The number of hydrogen-bond donors (Lipinski definition) is 1. The van der Waals surface area contributed by atoms with Crippen molar-refractivity contribution in [3.8, 4) is 0 Å². The molecule has 1 N–H and O–H groups in total. The Morgan fingerprint density at radius 2 is 2.23 bits per heavy atom. The van der Waals surface area contributed by atoms with E-state index in [1.165, 1.54) is 0 Å². The van der Waals surface area contributed by atoms with E-state index in [0.717, 1.165) is 24.2 Å². The van der Waals surface area contributed by atoms with Crippen molar-refractivity contribution in [1.82, 2.24) is 4.90 Å². The van der Waals surface area contributed by atoms with E-state index in [9.17, 15) is 0 Å². The van der Waals surface area contributed by atoms with E-state index in [4.69, 9.17) is 5.41 Å². The Morgan fingerprint density at radius 1 is 1.62 bits per heavy atom. The van der Waals surface area contributed by atoms with Gasteiger partial charge in [-0.05, 0) is 25.5 Å². The van der Waals surface area contributed by atoms with Crippen LogP contribution in [0.2, 0.25) is 0 Å². The van der Waals surface area contributed by atoms with Crippen molar-refractivity contribution in [3.63, 3.8) is 0 Å². The average molecular weight is 179 g/mol. The summed E-state index contributed by atoms with van der Waals surface area (Å²) in [7, 11) is 1.99. The summed E-state index contributed by atoms with van der Waals surface area (Å²) in [5.41, 5.74) is 1.76. The molecule has 0 unspecified atom stereocenters. The van der Waals surface area contributed by atoms with Crippen LogP contribution < -0.4 is 0 Å². The largest absolute Gasteiger partial charge is 0.380 e. The smallest absolute Gasteiger partial charge is 0.107 e. The standard InChI is InChI=1S/C10H17N3/c1-5-10(12-8-11)9(3)7-13(4)6-2/h5,7-8,11H,1,6H2,2-4H3/b9-7+,11-8?,12-10?. The number of hydrogen-bond acceptors (Lipinski definition) is 2. The van der Waals surface area contributed by atoms with Gasteiger partial charge in [-0.3, -0.25) is 5.41 Å². The molecule has 0 saturated heterocycles. The third-order valence-electron chi connectivity index (χ3n) is 1.71. The van der Waals surface area contributed by atoms with Gasteiger partial charge in [-0.15, -0.1) is 0 Å². The van der Waals surface area contributed by atoms with Crippen molar-refractivity contribution in [2.45, 2.75) is 13.8 Å². The van der Waals surface area contributed by atoms with E-state index in [1.807, 2.05) is 20.2 Å². The van der Waals surface area contributed by atoms with Gasteiger partial charge < -0.3 is 4.90 Å². The molecule has 0 aliphatic rings. The molecule has 0 rings (SSSR count). The average Bonchev–Trinajstić information content (AvgIpc) is 2.13. The van der Waals surface area contributed by atoms with E-state index in [2.05, 4.69) is 23.4 Å². The summed E-state index contributed by atoms with van der Waals surface area (Å²) in [5, 5.41) is 6.86. The molecule has 13 heavy (non-hydrogen) atoms. The fraction of sp³-hybridized carbons (Fsp3) is 0.400. The van der Waals surface area contributed by atoms with Gasteiger partial charge in [0.2, 0.25) is 0 Å². The van der Waals surface area contributed by atoms with Crippen LogP contribution in [-0.2, 0) is 0 Å². The van der Waals surface area contributed by atoms with Crippen LogP contribution in [0.15, 0.2) is 29.4 Å². The highest BCUT2D eigenvalue weighted by molar-refractivity contribution is 6.10. The van der Waals surface area contributed by atoms with Gasteiger partial charge in [0.1, 0.15) is 6.34 Å². The molecule has 0 aromatic carbocycles. The number of nitrogens with zero attached hydrogens (tertiary/aromatic N) is 2. The molecule has 0 aromatic heterocycles. The summed E-state index contributed by atoms with van der Waals surface area (Å²) in [6, 6.07) is 0. The molecule has 3 heteroatoms. The third-order valence-corrected chi connectivity index (χ3v) is 1.71. The van der Waals surface area contributed by atoms with Crippen LogP contribution in [0.25, 0.3) is 0 Å². The second-order valence-corrected chi connectivity index (χ2v) is 2.73. The lowest BCUT2D eigenvalue weighted by molar-refractivity contribution is 0.482. The summed E-state index contributed by atoms with van der Waals surface area (Å²) >= 11 is 0. The fourth-order valence-corrected chi connectivity index (χ4v) is 0.873. The maximum atomic E-state index is 6.86. The topological polar surface area (TPSA) is 39.5 Å². The first-order valence-electron chi connectivity index (χ1n) is 4.23. The van der Waals surface area contributed by atoms with Crippen molar-refractivity contribution < 1.29 is 0 Å². The predicted molar refractivity (Wildman–Crippen MR) is 58.5 cm³/mol. The first-order valence-corrected chi connectivity index (χ1v) is 4.23. The molecule has 0 saturated carbocycles. The molecule has 72 valence electrons. The summed E-state index contributed by atoms with van der Waals surface area (Å²) < 4.78 is 0. The maximum Gasteiger partial charge on any atom is 0.107 e. The van der Waals surface area contributed by atoms with E-state index < -0.39 is 0 Å². The molecule has 0 aromatic rings. The zero-order valence-electron chi connectivity index (χ0n) is 8.54. The minimum Gasteiger partial charge on any atom is -0.380 e. The monoisotopic (exact) mass is 179 g/mol. The first-order chi connectivity index (χ1) is 6.15. The van der Waals surface area contributed by atoms with Gasteiger partial charge in [-0.2, -0.15) is 0 Å². The van der Waals surface area contributed by atoms with Crippen LogP contribution in [0.5, 0.6) is 0 Å². The minimum atomic E-state index is 0.746. The van der Waals surface area contributed by atoms with Gasteiger partial charge in [0, 0.05) is 19.8 Å². The highest BCUT2D eigenvalue weighted by Crippen LogP contribution is 1.99. The Balaban J connectivity index is 4.63. The van der Waals surface area contributed by atoms with Crippen molar-refractivity contribution >= 4 is 12.1 Å². The molecule has 0 heterocycles. The van der Waals surface area contributed by atoms with E-state index >= 15 is 0 Å². The Bertz CT molecular complexity index is 239. The van der Waals surface area contributed by atoms with Crippen LogP contribution in [0, 0.1) is 5.41 Å². The van der Waals surface area contributed by atoms with Gasteiger partial charge in [0.15, 0.2) is 0 Å². The number of aliphatic imine (C=N–C) groups is 1. The van der Waals surface area contributed by atoms with Crippen molar-refractivity contribution in [2.24, 2.45) is 4.99 Å². The highest BCUT2D eigenvalue weighted by Gasteiger charge is 1.96. The molecule has 3 nitrogen and oxygen atoms in total. The van der Waals surface area contributed by atoms with E-state index in [-0.39, 0.29) is 0 Å². The van der Waals surface area contributed by atoms with Crippen LogP contribution >= 0.6 is 0 Å². The molecular formula is C10H17N3. The summed E-state index contributed by atoms with van der Waals surface area (Å²) in [5.74, 6) is 0. The predicted octanol–water partition coefficient (Wildman–Crippen LogP) is 2.08. The summed E-state index contributed by atoms with van der Waals surface area (Å²) in [6.45, 7) is 8.62. The molecule has 0 fully saturated rings. The van der Waals surface area contributed by atoms with Crippen LogP contribution in [0.1, 0.15) is 13.8 Å². The summed E-state index contributed by atoms with van der Waals surface area (Å²) in [6.07, 6.45) is 4.67. The van der Waals surface area contributed by atoms with Gasteiger partial charge in [0.25, 0.3) is 0 Å². The summed E-state index contributed by atoms with van der Waals surface area (Å²) in [4.78, 5) is 5.93.